The minimum absolute atomic E-state index is 0.363. The van der Waals surface area contributed by atoms with Crippen molar-refractivity contribution in [2.24, 2.45) is 0 Å². The summed E-state index contributed by atoms with van der Waals surface area (Å²) in [7, 11) is 0. The minimum atomic E-state index is -2.99. The Hall–Kier alpha value is -1.19. The Bertz CT molecular complexity index is 238. The lowest BCUT2D eigenvalue weighted by Gasteiger charge is -2.08. The topological polar surface area (TPSA) is 9.23 Å². The van der Waals surface area contributed by atoms with Crippen LogP contribution in [0.25, 0.3) is 0 Å². The molecule has 0 aliphatic carbocycles. The van der Waals surface area contributed by atoms with Crippen molar-refractivity contribution in [3.05, 3.63) is 30.3 Å². The lowest BCUT2D eigenvalue weighted by atomic mass is 10.3. The van der Waals surface area contributed by atoms with Crippen molar-refractivity contribution in [3.63, 3.8) is 0 Å². The van der Waals surface area contributed by atoms with E-state index in [1.54, 1.807) is 12.1 Å². The van der Waals surface area contributed by atoms with Gasteiger partial charge < -0.3 is 4.74 Å². The van der Waals surface area contributed by atoms with Crippen molar-refractivity contribution in [3.8, 4) is 5.75 Å². The van der Waals surface area contributed by atoms with Gasteiger partial charge in [0.1, 0.15) is 12.4 Å². The van der Waals surface area contributed by atoms with E-state index in [0.29, 0.717) is 5.75 Å². The zero-order valence-corrected chi connectivity index (χ0v) is 6.71. The highest BCUT2D eigenvalue weighted by Gasteiger charge is 2.19. The summed E-state index contributed by atoms with van der Waals surface area (Å²) in [4.78, 5) is 0. The Labute approximate surface area is 74.1 Å². The van der Waals surface area contributed by atoms with Gasteiger partial charge >= 0.3 is 0 Å². The van der Waals surface area contributed by atoms with Gasteiger partial charge in [-0.05, 0) is 18.2 Å². The molecule has 0 aliphatic rings. The number of hydrogen-bond donors (Lipinski definition) is 0. The van der Waals surface area contributed by atoms with Crippen molar-refractivity contribution < 1.29 is 17.9 Å². The highest BCUT2D eigenvalue weighted by atomic mass is 19.3. The Morgan fingerprint density at radius 3 is 2.38 bits per heavy atom. The van der Waals surface area contributed by atoms with E-state index < -0.39 is 19.2 Å². The van der Waals surface area contributed by atoms with Gasteiger partial charge in [0.05, 0.1) is 0 Å². The van der Waals surface area contributed by atoms with Gasteiger partial charge in [0.25, 0.3) is 6.43 Å². The summed E-state index contributed by atoms with van der Waals surface area (Å²) in [5, 5.41) is 0. The van der Waals surface area contributed by atoms with Gasteiger partial charge in [-0.25, -0.2) is 13.2 Å². The van der Waals surface area contributed by atoms with Crippen molar-refractivity contribution in [1.29, 1.82) is 0 Å². The fourth-order valence-electron chi connectivity index (χ4n) is 0.716. The maximum atomic E-state index is 12.3. The van der Waals surface area contributed by atoms with Crippen LogP contribution < -0.4 is 4.74 Å². The first-order valence-electron chi connectivity index (χ1n) is 3.71. The first-order valence-corrected chi connectivity index (χ1v) is 3.71. The molecule has 1 unspecified atom stereocenters. The molecule has 1 rings (SSSR count). The molecule has 0 bridgehead atoms. The van der Waals surface area contributed by atoms with Gasteiger partial charge in [0, 0.05) is 0 Å². The summed E-state index contributed by atoms with van der Waals surface area (Å²) < 4.78 is 40.4. The summed E-state index contributed by atoms with van der Waals surface area (Å²) in [6, 6.07) is 8.89. The maximum Gasteiger partial charge on any atom is 0.272 e. The fourth-order valence-corrected chi connectivity index (χ4v) is 0.716. The van der Waals surface area contributed by atoms with Crippen LogP contribution in [-0.4, -0.2) is 19.2 Å². The minimum Gasteiger partial charge on any atom is -0.490 e. The monoisotopic (exact) mass is 189 g/mol. The molecule has 0 aromatic heterocycles. The number of ether oxygens (including phenoxy) is 1. The molecule has 1 atom stereocenters. The summed E-state index contributed by atoms with van der Waals surface area (Å²) in [5.74, 6) is 0.363. The molecule has 4 heteroatoms. The van der Waals surface area contributed by atoms with Crippen LogP contribution in [0, 0.1) is 6.07 Å². The van der Waals surface area contributed by atoms with E-state index in [1.807, 2.05) is 0 Å². The number of alkyl halides is 3. The second kappa shape index (κ2) is 4.74. The van der Waals surface area contributed by atoms with Gasteiger partial charge in [0.2, 0.25) is 0 Å². The first kappa shape index (κ1) is 9.89. The third-order valence-corrected chi connectivity index (χ3v) is 1.37. The highest BCUT2D eigenvalue weighted by molar-refractivity contribution is 5.20. The van der Waals surface area contributed by atoms with Gasteiger partial charge in [-0.2, -0.15) is 0 Å². The second-order valence-corrected chi connectivity index (χ2v) is 2.40. The van der Waals surface area contributed by atoms with Crippen molar-refractivity contribution in [2.75, 3.05) is 6.61 Å². The molecule has 71 valence electrons. The first-order chi connectivity index (χ1) is 6.20. The highest BCUT2D eigenvalue weighted by Crippen LogP contribution is 2.11. The number of rotatable bonds is 4. The van der Waals surface area contributed by atoms with E-state index in [-0.39, 0.29) is 0 Å². The average Bonchev–Trinajstić information content (AvgIpc) is 2.15. The molecule has 0 amide bonds. The molecule has 0 saturated heterocycles. The summed E-state index contributed by atoms with van der Waals surface area (Å²) in [6.07, 6.45) is -5.22. The number of benzene rings is 1. The molecule has 0 spiro atoms. The molecule has 0 N–H and O–H groups in total. The second-order valence-electron chi connectivity index (χ2n) is 2.40. The molecule has 0 saturated carbocycles. The quantitative estimate of drug-likeness (QED) is 0.706. The SMILES string of the molecule is FC(F)C(F)COc1cc[c]cc1. The van der Waals surface area contributed by atoms with Gasteiger partial charge in [-0.15, -0.1) is 0 Å². The number of halogens is 3. The zero-order valence-electron chi connectivity index (χ0n) is 6.71. The van der Waals surface area contributed by atoms with E-state index in [1.165, 1.54) is 12.1 Å². The normalized spacial score (nSPS) is 12.9. The maximum absolute atomic E-state index is 12.3. The van der Waals surface area contributed by atoms with Crippen molar-refractivity contribution in [2.45, 2.75) is 12.6 Å². The fraction of sp³-hybridized carbons (Fsp3) is 0.333. The van der Waals surface area contributed by atoms with Gasteiger partial charge in [-0.1, -0.05) is 12.1 Å². The Kier molecular flexibility index (Phi) is 3.61. The third-order valence-electron chi connectivity index (χ3n) is 1.37. The van der Waals surface area contributed by atoms with E-state index in [9.17, 15) is 13.2 Å². The van der Waals surface area contributed by atoms with E-state index in [2.05, 4.69) is 6.07 Å². The average molecular weight is 189 g/mol. The zero-order chi connectivity index (χ0) is 9.68. The van der Waals surface area contributed by atoms with Crippen LogP contribution in [0.15, 0.2) is 24.3 Å². The molecule has 1 radical (unpaired) electrons. The molecular weight excluding hydrogens is 181 g/mol. The molecule has 13 heavy (non-hydrogen) atoms. The van der Waals surface area contributed by atoms with Gasteiger partial charge in [-0.3, -0.25) is 0 Å². The van der Waals surface area contributed by atoms with Gasteiger partial charge in [0.15, 0.2) is 6.17 Å². The Morgan fingerprint density at radius 1 is 1.23 bits per heavy atom. The largest absolute Gasteiger partial charge is 0.490 e. The standard InChI is InChI=1S/C9H8F3O/c10-8(9(11)12)6-13-7-4-2-1-3-5-7/h2-5,8-9H,6H2. The molecule has 1 aromatic rings. The summed E-state index contributed by atoms with van der Waals surface area (Å²) in [6.45, 7) is -0.623. The lowest BCUT2D eigenvalue weighted by molar-refractivity contribution is 0.0231. The summed E-state index contributed by atoms with van der Waals surface area (Å²) in [5.41, 5.74) is 0. The molecule has 0 fully saturated rings. The third kappa shape index (κ3) is 3.36. The van der Waals surface area contributed by atoms with Crippen LogP contribution in [0.4, 0.5) is 13.2 Å². The van der Waals surface area contributed by atoms with E-state index >= 15 is 0 Å². The summed E-state index contributed by atoms with van der Waals surface area (Å²) >= 11 is 0. The van der Waals surface area contributed by atoms with Crippen LogP contribution in [0.2, 0.25) is 0 Å². The van der Waals surface area contributed by atoms with Crippen LogP contribution in [0.5, 0.6) is 5.75 Å². The molecule has 0 heterocycles. The predicted molar refractivity (Wildman–Crippen MR) is 41.7 cm³/mol. The van der Waals surface area contributed by atoms with E-state index in [0.717, 1.165) is 0 Å². The Morgan fingerprint density at radius 2 is 1.85 bits per heavy atom. The van der Waals surface area contributed by atoms with E-state index in [4.69, 9.17) is 4.74 Å². The number of hydrogen-bond acceptors (Lipinski definition) is 1. The molecule has 1 nitrogen and oxygen atoms in total. The van der Waals surface area contributed by atoms with Crippen molar-refractivity contribution >= 4 is 0 Å². The lowest BCUT2D eigenvalue weighted by Crippen LogP contribution is -2.20. The van der Waals surface area contributed by atoms with Crippen LogP contribution >= 0.6 is 0 Å². The van der Waals surface area contributed by atoms with Crippen LogP contribution in [0.1, 0.15) is 0 Å². The molecule has 0 aliphatic heterocycles. The van der Waals surface area contributed by atoms with Crippen LogP contribution in [-0.2, 0) is 0 Å². The molecular formula is C9H8F3O. The van der Waals surface area contributed by atoms with Crippen LogP contribution in [0.3, 0.4) is 0 Å². The predicted octanol–water partition coefficient (Wildman–Crippen LogP) is 2.47. The Balaban J connectivity index is 2.35. The molecule has 1 aromatic carbocycles. The smallest absolute Gasteiger partial charge is 0.272 e. The van der Waals surface area contributed by atoms with Crippen molar-refractivity contribution in [1.82, 2.24) is 0 Å².